The summed E-state index contributed by atoms with van der Waals surface area (Å²) in [6, 6.07) is 10.7. The monoisotopic (exact) mass is 364 g/mol. The highest BCUT2D eigenvalue weighted by atomic mass is 32.2. The first kappa shape index (κ1) is 19.1. The minimum Gasteiger partial charge on any atom is -0.309 e. The molecule has 1 N–H and O–H groups in total. The molecule has 7 heteroatoms. The molecule has 0 spiro atoms. The molecule has 0 bridgehead atoms. The van der Waals surface area contributed by atoms with Gasteiger partial charge in [0.1, 0.15) is 5.82 Å². The third-order valence-corrected chi connectivity index (χ3v) is 5.40. The highest BCUT2D eigenvalue weighted by molar-refractivity contribution is 7.89. The van der Waals surface area contributed by atoms with E-state index in [-0.39, 0.29) is 29.6 Å². The van der Waals surface area contributed by atoms with Crippen molar-refractivity contribution >= 4 is 21.6 Å². The number of benzene rings is 2. The van der Waals surface area contributed by atoms with Crippen molar-refractivity contribution in [3.8, 4) is 0 Å². The fourth-order valence-electron chi connectivity index (χ4n) is 2.37. The van der Waals surface area contributed by atoms with Crippen LogP contribution in [0.3, 0.4) is 0 Å². The van der Waals surface area contributed by atoms with Crippen molar-refractivity contribution in [1.29, 1.82) is 0 Å². The number of nitrogens with zero attached hydrogens (tertiary/aromatic N) is 1. The van der Waals surface area contributed by atoms with Crippen LogP contribution in [0, 0.1) is 19.7 Å². The Morgan fingerprint density at radius 1 is 1.12 bits per heavy atom. The summed E-state index contributed by atoms with van der Waals surface area (Å²) in [6.07, 6.45) is 0. The number of aryl methyl sites for hydroxylation is 2. The number of nitrogens with one attached hydrogen (secondary N) is 1. The maximum Gasteiger partial charge on any atom is 0.240 e. The van der Waals surface area contributed by atoms with E-state index in [1.54, 1.807) is 18.2 Å². The van der Waals surface area contributed by atoms with Gasteiger partial charge >= 0.3 is 0 Å². The maximum atomic E-state index is 13.9. The summed E-state index contributed by atoms with van der Waals surface area (Å²) in [6.45, 7) is 5.05. The standard InChI is InChI=1S/C18H21FN2O3S/c1-13-8-9-16(12-14(13)2)25(23,24)20-10-11-21(15(3)22)18-7-5-4-6-17(18)19/h4-9,12,20H,10-11H2,1-3H3. The Bertz CT molecular complexity index is 882. The quantitative estimate of drug-likeness (QED) is 0.857. The van der Waals surface area contributed by atoms with E-state index in [1.165, 1.54) is 36.1 Å². The first-order valence-electron chi connectivity index (χ1n) is 7.82. The summed E-state index contributed by atoms with van der Waals surface area (Å²) in [5.74, 6) is -0.898. The second-order valence-electron chi connectivity index (χ2n) is 5.77. The summed E-state index contributed by atoms with van der Waals surface area (Å²) in [7, 11) is -3.69. The average Bonchev–Trinajstić information content (AvgIpc) is 2.54. The van der Waals surface area contributed by atoms with Gasteiger partial charge in [-0.15, -0.1) is 0 Å². The summed E-state index contributed by atoms with van der Waals surface area (Å²) in [5, 5.41) is 0. The normalized spacial score (nSPS) is 11.4. The number of halogens is 1. The van der Waals surface area contributed by atoms with Crippen molar-refractivity contribution in [2.75, 3.05) is 18.0 Å². The second-order valence-corrected chi connectivity index (χ2v) is 7.53. The number of hydrogen-bond acceptors (Lipinski definition) is 3. The number of amides is 1. The fraction of sp³-hybridized carbons (Fsp3) is 0.278. The van der Waals surface area contributed by atoms with Gasteiger partial charge in [-0.1, -0.05) is 18.2 Å². The van der Waals surface area contributed by atoms with Crippen LogP contribution in [-0.2, 0) is 14.8 Å². The third kappa shape index (κ3) is 4.64. The molecule has 0 aromatic heterocycles. The van der Waals surface area contributed by atoms with Crippen molar-refractivity contribution < 1.29 is 17.6 Å². The van der Waals surface area contributed by atoms with Crippen LogP contribution in [0.25, 0.3) is 0 Å². The van der Waals surface area contributed by atoms with Gasteiger partial charge in [0.05, 0.1) is 10.6 Å². The molecule has 0 heterocycles. The first-order chi connectivity index (χ1) is 11.7. The second kappa shape index (κ2) is 7.76. The molecule has 2 aromatic carbocycles. The Hall–Kier alpha value is -2.25. The number of sulfonamides is 1. The fourth-order valence-corrected chi connectivity index (χ4v) is 3.48. The Morgan fingerprint density at radius 2 is 1.80 bits per heavy atom. The molecule has 0 aliphatic heterocycles. The molecule has 0 aliphatic carbocycles. The molecule has 25 heavy (non-hydrogen) atoms. The highest BCUT2D eigenvalue weighted by Gasteiger charge is 2.18. The van der Waals surface area contributed by atoms with Crippen LogP contribution in [0.2, 0.25) is 0 Å². The summed E-state index contributed by atoms with van der Waals surface area (Å²) >= 11 is 0. The third-order valence-electron chi connectivity index (χ3n) is 3.94. The number of rotatable bonds is 6. The van der Waals surface area contributed by atoms with E-state index in [0.29, 0.717) is 0 Å². The number of para-hydroxylation sites is 1. The van der Waals surface area contributed by atoms with E-state index in [0.717, 1.165) is 11.1 Å². The lowest BCUT2D eigenvalue weighted by molar-refractivity contribution is -0.116. The van der Waals surface area contributed by atoms with Crippen LogP contribution < -0.4 is 9.62 Å². The lowest BCUT2D eigenvalue weighted by Crippen LogP contribution is -2.38. The molecule has 2 aromatic rings. The van der Waals surface area contributed by atoms with E-state index in [2.05, 4.69) is 4.72 Å². The molecule has 0 saturated carbocycles. The van der Waals surface area contributed by atoms with Crippen LogP contribution >= 0.6 is 0 Å². The van der Waals surface area contributed by atoms with Gasteiger partial charge in [-0.2, -0.15) is 0 Å². The predicted octanol–water partition coefficient (Wildman–Crippen LogP) is 2.77. The van der Waals surface area contributed by atoms with Gasteiger partial charge in [0, 0.05) is 20.0 Å². The van der Waals surface area contributed by atoms with Crippen molar-refractivity contribution in [3.63, 3.8) is 0 Å². The van der Waals surface area contributed by atoms with Crippen LogP contribution in [0.5, 0.6) is 0 Å². The Morgan fingerprint density at radius 3 is 2.40 bits per heavy atom. The SMILES string of the molecule is CC(=O)N(CCNS(=O)(=O)c1ccc(C)c(C)c1)c1ccccc1F. The van der Waals surface area contributed by atoms with Crippen molar-refractivity contribution in [1.82, 2.24) is 4.72 Å². The Balaban J connectivity index is 2.10. The molecule has 0 saturated heterocycles. The molecule has 1 amide bonds. The number of carbonyl (C=O) groups is 1. The van der Waals surface area contributed by atoms with E-state index in [4.69, 9.17) is 0 Å². The van der Waals surface area contributed by atoms with Crippen LogP contribution in [0.4, 0.5) is 10.1 Å². The Labute approximate surface area is 147 Å². The molecule has 0 unspecified atom stereocenters. The van der Waals surface area contributed by atoms with Crippen LogP contribution in [0.15, 0.2) is 47.4 Å². The van der Waals surface area contributed by atoms with Crippen LogP contribution in [-0.4, -0.2) is 27.4 Å². The zero-order chi connectivity index (χ0) is 18.6. The molecule has 0 radical (unpaired) electrons. The smallest absolute Gasteiger partial charge is 0.240 e. The number of carbonyl (C=O) groups excluding carboxylic acids is 1. The summed E-state index contributed by atoms with van der Waals surface area (Å²) in [5.41, 5.74) is 2.00. The molecule has 134 valence electrons. The molecular formula is C18H21FN2O3S. The minimum atomic E-state index is -3.69. The summed E-state index contributed by atoms with van der Waals surface area (Å²) in [4.78, 5) is 13.2. The van der Waals surface area contributed by atoms with Crippen molar-refractivity contribution in [2.24, 2.45) is 0 Å². The van der Waals surface area contributed by atoms with Gasteiger partial charge in [0.25, 0.3) is 0 Å². The van der Waals surface area contributed by atoms with E-state index in [9.17, 15) is 17.6 Å². The van der Waals surface area contributed by atoms with Crippen LogP contribution in [0.1, 0.15) is 18.1 Å². The topological polar surface area (TPSA) is 66.5 Å². The van der Waals surface area contributed by atoms with Gasteiger partial charge in [0.2, 0.25) is 15.9 Å². The van der Waals surface area contributed by atoms with Gasteiger partial charge in [-0.05, 0) is 49.2 Å². The molecule has 0 aliphatic rings. The van der Waals surface area contributed by atoms with E-state index in [1.807, 2.05) is 13.8 Å². The number of anilines is 1. The van der Waals surface area contributed by atoms with E-state index < -0.39 is 15.8 Å². The molecule has 0 atom stereocenters. The molecule has 2 rings (SSSR count). The van der Waals surface area contributed by atoms with Crippen molar-refractivity contribution in [3.05, 3.63) is 59.4 Å². The van der Waals surface area contributed by atoms with Crippen molar-refractivity contribution in [2.45, 2.75) is 25.7 Å². The first-order valence-corrected chi connectivity index (χ1v) is 9.30. The molecule has 0 fully saturated rings. The van der Waals surface area contributed by atoms with Gasteiger partial charge in [0.15, 0.2) is 0 Å². The van der Waals surface area contributed by atoms with Gasteiger partial charge < -0.3 is 4.90 Å². The summed E-state index contributed by atoms with van der Waals surface area (Å²) < 4.78 is 41.1. The minimum absolute atomic E-state index is 0.0246. The Kier molecular flexibility index (Phi) is 5.92. The van der Waals surface area contributed by atoms with E-state index >= 15 is 0 Å². The lowest BCUT2D eigenvalue weighted by atomic mass is 10.1. The maximum absolute atomic E-state index is 13.9. The van der Waals surface area contributed by atoms with Gasteiger partial charge in [-0.25, -0.2) is 17.5 Å². The number of hydrogen-bond donors (Lipinski definition) is 1. The van der Waals surface area contributed by atoms with Gasteiger partial charge in [-0.3, -0.25) is 4.79 Å². The predicted molar refractivity (Wildman–Crippen MR) is 95.5 cm³/mol. The zero-order valence-corrected chi connectivity index (χ0v) is 15.2. The zero-order valence-electron chi connectivity index (χ0n) is 14.4. The highest BCUT2D eigenvalue weighted by Crippen LogP contribution is 2.19. The lowest BCUT2D eigenvalue weighted by Gasteiger charge is -2.22. The average molecular weight is 364 g/mol. The largest absolute Gasteiger partial charge is 0.309 e. The molecular weight excluding hydrogens is 343 g/mol. The molecule has 5 nitrogen and oxygen atoms in total.